The van der Waals surface area contributed by atoms with Crippen LogP contribution in [0.15, 0.2) is 24.3 Å². The number of benzene rings is 1. The summed E-state index contributed by atoms with van der Waals surface area (Å²) in [6.45, 7) is 3.57. The van der Waals surface area contributed by atoms with E-state index in [1.807, 2.05) is 6.07 Å². The molecule has 0 aliphatic rings. The van der Waals surface area contributed by atoms with E-state index in [1.165, 1.54) is 0 Å². The largest absolute Gasteiger partial charge is 0.565 e. The maximum Gasteiger partial charge on any atom is 0.0102 e. The molecule has 0 aliphatic heterocycles. The summed E-state index contributed by atoms with van der Waals surface area (Å²) in [5, 5.41) is 8.86. The predicted octanol–water partition coefficient (Wildman–Crippen LogP) is 1.57. The summed E-state index contributed by atoms with van der Waals surface area (Å²) >= 11 is 0. The van der Waals surface area contributed by atoms with Crippen LogP contribution >= 0.6 is 0 Å². The fourth-order valence-corrected chi connectivity index (χ4v) is 0.511. The van der Waals surface area contributed by atoms with Gasteiger partial charge < -0.3 is 5.11 Å². The van der Waals surface area contributed by atoms with E-state index in [1.54, 1.807) is 18.2 Å². The second kappa shape index (κ2) is 3.44. The van der Waals surface area contributed by atoms with Gasteiger partial charge in [0.15, 0.2) is 0 Å². The molecule has 49 valence electrons. The van der Waals surface area contributed by atoms with Crippen LogP contribution in [0, 0.1) is 6.92 Å². The molecule has 1 N–H and O–H groups in total. The molecule has 0 saturated heterocycles. The van der Waals surface area contributed by atoms with Gasteiger partial charge in [-0.1, -0.05) is 12.1 Å². The first kappa shape index (κ1) is 8.41. The molecule has 0 aliphatic carbocycles. The first-order valence-electron chi connectivity index (χ1n) is 2.40. The van der Waals surface area contributed by atoms with E-state index in [2.05, 4.69) is 6.92 Å². The van der Waals surface area contributed by atoms with Crippen molar-refractivity contribution < 1.29 is 22.2 Å². The predicted molar refractivity (Wildman–Crippen MR) is 32.6 cm³/mol. The fraction of sp³-hybridized carbons (Fsp3) is 0. The average molecular weight is 162 g/mol. The molecule has 0 saturated carbocycles. The fourth-order valence-electron chi connectivity index (χ4n) is 0.511. The van der Waals surface area contributed by atoms with Gasteiger partial charge in [0.1, 0.15) is 0 Å². The third kappa shape index (κ3) is 2.00. The van der Waals surface area contributed by atoms with E-state index in [4.69, 9.17) is 5.11 Å². The smallest absolute Gasteiger partial charge is 0.0102 e. The van der Waals surface area contributed by atoms with Crippen LogP contribution < -0.4 is 0 Å². The quantitative estimate of drug-likeness (QED) is 0.453. The van der Waals surface area contributed by atoms with Crippen molar-refractivity contribution in [1.82, 2.24) is 0 Å². The Morgan fingerprint density at radius 1 is 1.22 bits per heavy atom. The van der Waals surface area contributed by atoms with E-state index in [0.29, 0.717) is 5.56 Å². The minimum atomic E-state index is 0. The van der Waals surface area contributed by atoms with Crippen LogP contribution in [-0.4, -0.2) is 5.11 Å². The minimum absolute atomic E-state index is 0. The molecule has 2 heteroatoms. The molecule has 9 heavy (non-hydrogen) atoms. The van der Waals surface area contributed by atoms with Gasteiger partial charge in [0.05, 0.1) is 0 Å². The van der Waals surface area contributed by atoms with Crippen molar-refractivity contribution in [2.24, 2.45) is 0 Å². The van der Waals surface area contributed by atoms with Gasteiger partial charge in [-0.05, 0) is 0 Å². The van der Waals surface area contributed by atoms with Crippen LogP contribution in [-0.2, 0) is 17.1 Å². The number of aromatic hydroxyl groups is 1. The first-order valence-corrected chi connectivity index (χ1v) is 2.40. The second-order valence-electron chi connectivity index (χ2n) is 1.63. The molecule has 0 fully saturated rings. The summed E-state index contributed by atoms with van der Waals surface area (Å²) in [6.07, 6.45) is 0. The Balaban J connectivity index is 0.000000640. The molecule has 0 unspecified atom stereocenters. The van der Waals surface area contributed by atoms with Crippen LogP contribution in [0.2, 0.25) is 0 Å². The molecular weight excluding hydrogens is 155 g/mol. The zero-order valence-corrected chi connectivity index (χ0v) is 6.02. The number of rotatable bonds is 0. The number of phenolic OH excluding ortho intramolecular Hbond substituents is 1. The molecule has 0 aromatic heterocycles. The van der Waals surface area contributed by atoms with E-state index < -0.39 is 0 Å². The number of phenols is 1. The topological polar surface area (TPSA) is 20.2 Å². The van der Waals surface area contributed by atoms with Gasteiger partial charge in [0, 0.05) is 22.8 Å². The first-order chi connectivity index (χ1) is 3.80. The minimum Gasteiger partial charge on any atom is -0.565 e. The number of hydrogen-bond acceptors (Lipinski definition) is 1. The molecule has 0 spiro atoms. The van der Waals surface area contributed by atoms with E-state index >= 15 is 0 Å². The summed E-state index contributed by atoms with van der Waals surface area (Å²) < 4.78 is 0. The number of para-hydroxylation sites is 1. The monoisotopic (exact) mass is 162 g/mol. The molecule has 1 rings (SSSR count). The Hall–Kier alpha value is -0.591. The van der Waals surface area contributed by atoms with Crippen molar-refractivity contribution >= 4 is 0 Å². The summed E-state index contributed by atoms with van der Waals surface area (Å²) in [6, 6.07) is 6.98. The third-order valence-corrected chi connectivity index (χ3v) is 0.992. The molecule has 1 radical (unpaired) electrons. The Kier molecular flexibility index (Phi) is 3.21. The van der Waals surface area contributed by atoms with Crippen LogP contribution in [0.4, 0.5) is 0 Å². The molecule has 1 nitrogen and oxygen atoms in total. The molecular formula is C7H7MnO-. The SMILES string of the molecule is [CH2-]c1ccccc1O.[Mn]. The van der Waals surface area contributed by atoms with Gasteiger partial charge in [0.25, 0.3) is 0 Å². The Labute approximate surface area is 65.2 Å². The maximum atomic E-state index is 8.86. The average Bonchev–Trinajstić information content (AvgIpc) is 1.77. The summed E-state index contributed by atoms with van der Waals surface area (Å²) in [5.74, 6) is 0.257. The Bertz CT molecular complexity index is 165. The van der Waals surface area contributed by atoms with Gasteiger partial charge >= 0.3 is 0 Å². The second-order valence-corrected chi connectivity index (χ2v) is 1.63. The molecule has 1 aromatic rings. The molecule has 1 aromatic carbocycles. The molecule has 0 bridgehead atoms. The summed E-state index contributed by atoms with van der Waals surface area (Å²) in [7, 11) is 0. The van der Waals surface area contributed by atoms with E-state index in [0.717, 1.165) is 0 Å². The van der Waals surface area contributed by atoms with Crippen molar-refractivity contribution in [3.8, 4) is 5.75 Å². The Morgan fingerprint density at radius 3 is 2.11 bits per heavy atom. The van der Waals surface area contributed by atoms with Crippen molar-refractivity contribution in [3.63, 3.8) is 0 Å². The van der Waals surface area contributed by atoms with Crippen LogP contribution in [0.1, 0.15) is 5.56 Å². The van der Waals surface area contributed by atoms with Crippen LogP contribution in [0.5, 0.6) is 5.75 Å². The van der Waals surface area contributed by atoms with Gasteiger partial charge in [-0.25, -0.2) is 0 Å². The third-order valence-electron chi connectivity index (χ3n) is 0.992. The van der Waals surface area contributed by atoms with Gasteiger partial charge in [0.2, 0.25) is 0 Å². The van der Waals surface area contributed by atoms with Crippen molar-refractivity contribution in [1.29, 1.82) is 0 Å². The van der Waals surface area contributed by atoms with Gasteiger partial charge in [-0.15, -0.1) is 6.07 Å². The summed E-state index contributed by atoms with van der Waals surface area (Å²) in [4.78, 5) is 0. The van der Waals surface area contributed by atoms with Gasteiger partial charge in [-0.2, -0.15) is 18.6 Å². The van der Waals surface area contributed by atoms with Gasteiger partial charge in [-0.3, -0.25) is 0 Å². The van der Waals surface area contributed by atoms with Crippen molar-refractivity contribution in [3.05, 3.63) is 36.8 Å². The molecule has 0 amide bonds. The number of hydrogen-bond donors (Lipinski definition) is 1. The van der Waals surface area contributed by atoms with E-state index in [9.17, 15) is 0 Å². The zero-order valence-electron chi connectivity index (χ0n) is 4.84. The Morgan fingerprint density at radius 2 is 1.78 bits per heavy atom. The molecule has 0 heterocycles. The standard InChI is InChI=1S/C7H7O.Mn/c1-6-4-2-3-5-7(6)8;/h2-5,8H,1H2;/q-1;. The zero-order chi connectivity index (χ0) is 5.98. The van der Waals surface area contributed by atoms with E-state index in [-0.39, 0.29) is 22.8 Å². The van der Waals surface area contributed by atoms with Crippen molar-refractivity contribution in [2.45, 2.75) is 0 Å². The normalized spacial score (nSPS) is 8.00. The van der Waals surface area contributed by atoms with Crippen LogP contribution in [0.25, 0.3) is 0 Å². The van der Waals surface area contributed by atoms with Crippen molar-refractivity contribution in [2.75, 3.05) is 0 Å². The van der Waals surface area contributed by atoms with Crippen LogP contribution in [0.3, 0.4) is 0 Å². The maximum absolute atomic E-state index is 8.86. The summed E-state index contributed by atoms with van der Waals surface area (Å²) in [5.41, 5.74) is 0.674. The molecule has 0 atom stereocenters.